The van der Waals surface area contributed by atoms with E-state index in [0.717, 1.165) is 32.6 Å². The highest BCUT2D eigenvalue weighted by Crippen LogP contribution is 2.32. The fraction of sp³-hybridized carbons (Fsp3) is 0.261. The summed E-state index contributed by atoms with van der Waals surface area (Å²) in [6.07, 6.45) is 0. The fourth-order valence-corrected chi connectivity index (χ4v) is 4.27. The number of anilines is 1. The van der Waals surface area contributed by atoms with Crippen molar-refractivity contribution in [1.29, 1.82) is 0 Å². The van der Waals surface area contributed by atoms with Crippen LogP contribution in [-0.2, 0) is 6.61 Å². The van der Waals surface area contributed by atoms with E-state index in [1.807, 2.05) is 33.8 Å². The summed E-state index contributed by atoms with van der Waals surface area (Å²) >= 11 is 1.47. The molecule has 1 N–H and O–H groups in total. The van der Waals surface area contributed by atoms with Crippen molar-refractivity contribution in [3.8, 4) is 11.5 Å². The highest BCUT2D eigenvalue weighted by molar-refractivity contribution is 7.22. The quantitative estimate of drug-likeness (QED) is 0.437. The standard InChI is InChI=1S/C23H23N3O4S/c1-12-6-7-13(2)21-20(12)24-23(31-21)25-22(27)16-8-9-18(19(10-16)28-5)29-11-17-14(3)26-30-15(17)4/h6-10H,11H2,1-5H3,(H,24,25,27). The minimum absolute atomic E-state index is 0.259. The van der Waals surface area contributed by atoms with E-state index in [4.69, 9.17) is 14.0 Å². The number of benzene rings is 2. The van der Waals surface area contributed by atoms with Crippen LogP contribution in [0.2, 0.25) is 0 Å². The fourth-order valence-electron chi connectivity index (χ4n) is 3.27. The van der Waals surface area contributed by atoms with Gasteiger partial charge in [0.05, 0.1) is 28.6 Å². The summed E-state index contributed by atoms with van der Waals surface area (Å²) in [6, 6.07) is 9.17. The monoisotopic (exact) mass is 437 g/mol. The van der Waals surface area contributed by atoms with Gasteiger partial charge in [-0.2, -0.15) is 0 Å². The maximum atomic E-state index is 12.8. The SMILES string of the molecule is COc1cc(C(=O)Nc2nc3c(C)ccc(C)c3s2)ccc1OCc1c(C)noc1C. The zero-order valence-electron chi connectivity index (χ0n) is 18.0. The summed E-state index contributed by atoms with van der Waals surface area (Å²) < 4.78 is 17.6. The summed E-state index contributed by atoms with van der Waals surface area (Å²) in [4.78, 5) is 17.4. The van der Waals surface area contributed by atoms with Crippen LogP contribution in [0.15, 0.2) is 34.9 Å². The highest BCUT2D eigenvalue weighted by Gasteiger charge is 2.16. The van der Waals surface area contributed by atoms with Crippen molar-refractivity contribution < 1.29 is 18.8 Å². The van der Waals surface area contributed by atoms with Gasteiger partial charge in [0.25, 0.3) is 5.91 Å². The Hall–Kier alpha value is -3.39. The van der Waals surface area contributed by atoms with E-state index < -0.39 is 0 Å². The number of ether oxygens (including phenoxy) is 2. The molecule has 7 nitrogen and oxygen atoms in total. The van der Waals surface area contributed by atoms with E-state index in [1.54, 1.807) is 25.3 Å². The van der Waals surface area contributed by atoms with Gasteiger partial charge in [0.2, 0.25) is 0 Å². The Morgan fingerprint density at radius 3 is 2.55 bits per heavy atom. The average molecular weight is 438 g/mol. The van der Waals surface area contributed by atoms with E-state index >= 15 is 0 Å². The van der Waals surface area contributed by atoms with E-state index in [1.165, 1.54) is 11.3 Å². The normalized spacial score (nSPS) is 11.0. The third-order valence-corrected chi connectivity index (χ3v) is 6.25. The number of aryl methyl sites for hydroxylation is 4. The molecular weight excluding hydrogens is 414 g/mol. The summed E-state index contributed by atoms with van der Waals surface area (Å²) in [5.41, 5.74) is 5.27. The Bertz CT molecular complexity index is 1220. The van der Waals surface area contributed by atoms with Crippen LogP contribution in [0.5, 0.6) is 11.5 Å². The Morgan fingerprint density at radius 2 is 1.87 bits per heavy atom. The number of nitrogens with one attached hydrogen (secondary N) is 1. The van der Waals surface area contributed by atoms with Crippen LogP contribution in [0.4, 0.5) is 5.13 Å². The van der Waals surface area contributed by atoms with E-state index in [-0.39, 0.29) is 5.91 Å². The Balaban J connectivity index is 1.52. The van der Waals surface area contributed by atoms with Crippen molar-refractivity contribution >= 4 is 32.6 Å². The molecule has 2 aromatic carbocycles. The number of amides is 1. The van der Waals surface area contributed by atoms with Gasteiger partial charge in [-0.15, -0.1) is 0 Å². The average Bonchev–Trinajstić information content (AvgIpc) is 3.33. The second-order valence-electron chi connectivity index (χ2n) is 7.31. The van der Waals surface area contributed by atoms with Crippen LogP contribution in [0.1, 0.15) is 38.5 Å². The maximum absolute atomic E-state index is 12.8. The predicted molar refractivity (Wildman–Crippen MR) is 120 cm³/mol. The van der Waals surface area contributed by atoms with Gasteiger partial charge in [0.15, 0.2) is 16.6 Å². The number of nitrogens with zero attached hydrogens (tertiary/aromatic N) is 2. The Morgan fingerprint density at radius 1 is 1.10 bits per heavy atom. The molecule has 4 aromatic rings. The summed E-state index contributed by atoms with van der Waals surface area (Å²) in [5, 5.41) is 7.39. The summed E-state index contributed by atoms with van der Waals surface area (Å²) in [5.74, 6) is 1.46. The van der Waals surface area contributed by atoms with E-state index in [9.17, 15) is 4.79 Å². The molecule has 0 bridgehead atoms. The van der Waals surface area contributed by atoms with Crippen LogP contribution in [0.3, 0.4) is 0 Å². The molecule has 2 heterocycles. The third kappa shape index (κ3) is 4.11. The number of hydrogen-bond acceptors (Lipinski definition) is 7. The molecule has 0 unspecified atom stereocenters. The number of hydrogen-bond donors (Lipinski definition) is 1. The van der Waals surface area contributed by atoms with Crippen LogP contribution >= 0.6 is 11.3 Å². The van der Waals surface area contributed by atoms with Gasteiger partial charge >= 0.3 is 0 Å². The van der Waals surface area contributed by atoms with Crippen molar-refractivity contribution in [3.05, 3.63) is 64.0 Å². The second kappa shape index (κ2) is 8.39. The topological polar surface area (TPSA) is 86.5 Å². The lowest BCUT2D eigenvalue weighted by Crippen LogP contribution is -2.12. The number of thiazole rings is 1. The molecule has 0 saturated heterocycles. The molecule has 8 heteroatoms. The molecule has 31 heavy (non-hydrogen) atoms. The van der Waals surface area contributed by atoms with Crippen LogP contribution in [-0.4, -0.2) is 23.2 Å². The second-order valence-corrected chi connectivity index (χ2v) is 8.31. The molecule has 0 spiro atoms. The molecule has 1 amide bonds. The van der Waals surface area contributed by atoms with Crippen molar-refractivity contribution in [2.24, 2.45) is 0 Å². The number of rotatable bonds is 6. The molecule has 0 atom stereocenters. The molecule has 160 valence electrons. The first-order chi connectivity index (χ1) is 14.9. The predicted octanol–water partition coefficient (Wildman–Crippen LogP) is 5.36. The van der Waals surface area contributed by atoms with Gasteiger partial charge in [0, 0.05) is 5.56 Å². The smallest absolute Gasteiger partial charge is 0.257 e. The number of carbonyl (C=O) groups excluding carboxylic acids is 1. The Labute approximate surface area is 184 Å². The first kappa shape index (κ1) is 20.9. The van der Waals surface area contributed by atoms with E-state index in [2.05, 4.69) is 21.5 Å². The lowest BCUT2D eigenvalue weighted by atomic mass is 10.1. The molecule has 4 rings (SSSR count). The molecule has 0 radical (unpaired) electrons. The molecule has 0 fully saturated rings. The van der Waals surface area contributed by atoms with Crippen molar-refractivity contribution in [3.63, 3.8) is 0 Å². The highest BCUT2D eigenvalue weighted by atomic mass is 32.1. The van der Waals surface area contributed by atoms with Gasteiger partial charge in [0.1, 0.15) is 12.4 Å². The van der Waals surface area contributed by atoms with Gasteiger partial charge < -0.3 is 14.0 Å². The van der Waals surface area contributed by atoms with Crippen LogP contribution in [0.25, 0.3) is 10.2 Å². The van der Waals surface area contributed by atoms with Gasteiger partial charge in [-0.3, -0.25) is 10.1 Å². The number of methoxy groups -OCH3 is 1. The third-order valence-electron chi connectivity index (χ3n) is 5.14. The lowest BCUT2D eigenvalue weighted by Gasteiger charge is -2.12. The van der Waals surface area contributed by atoms with Gasteiger partial charge in [-0.1, -0.05) is 28.6 Å². The van der Waals surface area contributed by atoms with Crippen molar-refractivity contribution in [2.75, 3.05) is 12.4 Å². The molecule has 0 aliphatic carbocycles. The van der Waals surface area contributed by atoms with Gasteiger partial charge in [-0.05, 0) is 57.0 Å². The molecule has 0 aliphatic heterocycles. The molecule has 0 saturated carbocycles. The first-order valence-corrected chi connectivity index (χ1v) is 10.6. The zero-order valence-corrected chi connectivity index (χ0v) is 18.8. The number of aromatic nitrogens is 2. The molecular formula is C23H23N3O4S. The molecule has 0 aliphatic rings. The minimum atomic E-state index is -0.259. The van der Waals surface area contributed by atoms with Crippen LogP contribution in [0, 0.1) is 27.7 Å². The van der Waals surface area contributed by atoms with Crippen molar-refractivity contribution in [1.82, 2.24) is 10.1 Å². The Kier molecular flexibility index (Phi) is 5.65. The van der Waals surface area contributed by atoms with Gasteiger partial charge in [-0.25, -0.2) is 4.98 Å². The van der Waals surface area contributed by atoms with Crippen LogP contribution < -0.4 is 14.8 Å². The summed E-state index contributed by atoms with van der Waals surface area (Å²) in [6.45, 7) is 8.06. The number of fused-ring (bicyclic) bond motifs is 1. The maximum Gasteiger partial charge on any atom is 0.257 e. The molecule has 2 aromatic heterocycles. The first-order valence-electron chi connectivity index (χ1n) is 9.78. The van der Waals surface area contributed by atoms with Crippen molar-refractivity contribution in [2.45, 2.75) is 34.3 Å². The largest absolute Gasteiger partial charge is 0.493 e. The van der Waals surface area contributed by atoms with E-state index in [0.29, 0.717) is 34.6 Å². The summed E-state index contributed by atoms with van der Waals surface area (Å²) in [7, 11) is 1.54. The number of carbonyl (C=O) groups is 1. The minimum Gasteiger partial charge on any atom is -0.493 e. The zero-order chi connectivity index (χ0) is 22.1. The lowest BCUT2D eigenvalue weighted by molar-refractivity contribution is 0.102.